The Bertz CT molecular complexity index is 529. The quantitative estimate of drug-likeness (QED) is 0.870. The summed E-state index contributed by atoms with van der Waals surface area (Å²) >= 11 is 0. The van der Waals surface area contributed by atoms with Crippen LogP contribution in [-0.4, -0.2) is 59.5 Å². The molecule has 116 valence electrons. The summed E-state index contributed by atoms with van der Waals surface area (Å²) < 4.78 is 10.7. The first-order valence-corrected chi connectivity index (χ1v) is 6.81. The highest BCUT2D eigenvalue weighted by molar-refractivity contribution is 5.95. The minimum atomic E-state index is -0.518. The molecule has 1 aromatic carbocycles. The highest BCUT2D eigenvalue weighted by Crippen LogP contribution is 2.28. The van der Waals surface area contributed by atoms with E-state index in [1.54, 1.807) is 17.0 Å². The molecule has 0 bridgehead atoms. The summed E-state index contributed by atoms with van der Waals surface area (Å²) in [5.41, 5.74) is -0.141. The van der Waals surface area contributed by atoms with Gasteiger partial charge in [0.1, 0.15) is 0 Å². The van der Waals surface area contributed by atoms with Crippen molar-refractivity contribution < 1.29 is 24.5 Å². The minimum Gasteiger partial charge on any atom is -0.504 e. The molecular formula is C15H21NO5. The van der Waals surface area contributed by atoms with Gasteiger partial charge in [0.25, 0.3) is 5.91 Å². The number of nitrogens with zero attached hydrogens (tertiary/aromatic N) is 1. The van der Waals surface area contributed by atoms with Gasteiger partial charge in [-0.25, -0.2) is 0 Å². The molecule has 0 aliphatic carbocycles. The number of carbonyl (C=O) groups excluding carboxylic acids is 1. The molecule has 1 aliphatic rings. The Hall–Kier alpha value is -1.79. The average Bonchev–Trinajstić information content (AvgIpc) is 2.44. The third-order valence-electron chi connectivity index (χ3n) is 3.40. The van der Waals surface area contributed by atoms with Gasteiger partial charge in [-0.1, -0.05) is 0 Å². The smallest absolute Gasteiger partial charge is 0.254 e. The maximum absolute atomic E-state index is 12.5. The van der Waals surface area contributed by atoms with Gasteiger partial charge >= 0.3 is 0 Å². The van der Waals surface area contributed by atoms with E-state index in [0.717, 1.165) is 0 Å². The number of aromatic hydroxyl groups is 1. The molecule has 0 radical (unpaired) electrons. The first-order chi connectivity index (χ1) is 9.86. The highest BCUT2D eigenvalue weighted by Gasteiger charge is 2.35. The Balaban J connectivity index is 2.20. The molecule has 1 aliphatic heterocycles. The zero-order valence-corrected chi connectivity index (χ0v) is 12.5. The SMILES string of the molecule is COc1ccc(C(=O)N2CC(CO)OC(C)(C)C2)cc1O. The molecule has 1 amide bonds. The molecule has 0 aromatic heterocycles. The molecular weight excluding hydrogens is 274 g/mol. The summed E-state index contributed by atoms with van der Waals surface area (Å²) in [5, 5.41) is 19.1. The molecule has 1 fully saturated rings. The van der Waals surface area contributed by atoms with Gasteiger partial charge in [0.05, 0.1) is 25.4 Å². The van der Waals surface area contributed by atoms with E-state index in [4.69, 9.17) is 9.47 Å². The number of rotatable bonds is 3. The van der Waals surface area contributed by atoms with Crippen molar-refractivity contribution in [2.24, 2.45) is 0 Å². The number of hydrogen-bond acceptors (Lipinski definition) is 5. The summed E-state index contributed by atoms with van der Waals surface area (Å²) in [4.78, 5) is 14.2. The number of morpholine rings is 1. The van der Waals surface area contributed by atoms with E-state index in [1.165, 1.54) is 13.2 Å². The van der Waals surface area contributed by atoms with Crippen LogP contribution in [0.1, 0.15) is 24.2 Å². The molecule has 0 saturated carbocycles. The zero-order valence-electron chi connectivity index (χ0n) is 12.5. The number of methoxy groups -OCH3 is 1. The van der Waals surface area contributed by atoms with E-state index >= 15 is 0 Å². The van der Waals surface area contributed by atoms with Gasteiger partial charge in [-0.3, -0.25) is 4.79 Å². The molecule has 21 heavy (non-hydrogen) atoms. The van der Waals surface area contributed by atoms with Crippen LogP contribution in [0.15, 0.2) is 18.2 Å². The molecule has 0 spiro atoms. The maximum Gasteiger partial charge on any atom is 0.254 e. The first kappa shape index (κ1) is 15.6. The second kappa shape index (κ2) is 5.91. The molecule has 1 heterocycles. The van der Waals surface area contributed by atoms with E-state index < -0.39 is 11.7 Å². The second-order valence-electron chi connectivity index (χ2n) is 5.75. The molecule has 2 N–H and O–H groups in total. The number of carbonyl (C=O) groups is 1. The zero-order chi connectivity index (χ0) is 15.6. The number of benzene rings is 1. The predicted molar refractivity (Wildman–Crippen MR) is 76.6 cm³/mol. The second-order valence-corrected chi connectivity index (χ2v) is 5.75. The Morgan fingerprint density at radius 1 is 1.52 bits per heavy atom. The van der Waals surface area contributed by atoms with Crippen molar-refractivity contribution in [3.8, 4) is 11.5 Å². The van der Waals surface area contributed by atoms with Gasteiger partial charge in [-0.15, -0.1) is 0 Å². The van der Waals surface area contributed by atoms with E-state index in [2.05, 4.69) is 0 Å². The topological polar surface area (TPSA) is 79.2 Å². The van der Waals surface area contributed by atoms with Crippen molar-refractivity contribution >= 4 is 5.91 Å². The van der Waals surface area contributed by atoms with Crippen molar-refractivity contribution in [3.05, 3.63) is 23.8 Å². The van der Waals surface area contributed by atoms with Gasteiger partial charge < -0.3 is 24.6 Å². The minimum absolute atomic E-state index is 0.0745. The van der Waals surface area contributed by atoms with Crippen molar-refractivity contribution in [2.75, 3.05) is 26.8 Å². The fourth-order valence-corrected chi connectivity index (χ4v) is 2.55. The van der Waals surface area contributed by atoms with Crippen molar-refractivity contribution in [2.45, 2.75) is 25.6 Å². The molecule has 6 nitrogen and oxygen atoms in total. The predicted octanol–water partition coefficient (Wildman–Crippen LogP) is 1.01. The van der Waals surface area contributed by atoms with Gasteiger partial charge in [-0.05, 0) is 32.0 Å². The third kappa shape index (κ3) is 3.46. The summed E-state index contributed by atoms with van der Waals surface area (Å²) in [7, 11) is 1.45. The largest absolute Gasteiger partial charge is 0.504 e. The Morgan fingerprint density at radius 2 is 2.24 bits per heavy atom. The molecule has 1 aromatic rings. The summed E-state index contributed by atoms with van der Waals surface area (Å²) in [6, 6.07) is 4.55. The number of phenols is 1. The summed E-state index contributed by atoms with van der Waals surface area (Å²) in [5.74, 6) is 0.0412. The van der Waals surface area contributed by atoms with Gasteiger partial charge in [0, 0.05) is 18.7 Å². The highest BCUT2D eigenvalue weighted by atomic mass is 16.5. The lowest BCUT2D eigenvalue weighted by molar-refractivity contribution is -0.139. The van der Waals surface area contributed by atoms with Gasteiger partial charge in [0.15, 0.2) is 11.5 Å². The lowest BCUT2D eigenvalue weighted by Gasteiger charge is -2.42. The number of amides is 1. The number of aliphatic hydroxyl groups excluding tert-OH is 1. The number of hydrogen-bond donors (Lipinski definition) is 2. The fourth-order valence-electron chi connectivity index (χ4n) is 2.55. The normalized spacial score (nSPS) is 21.1. The number of phenolic OH excluding ortho intramolecular Hbond substituents is 1. The Kier molecular flexibility index (Phi) is 4.39. The van der Waals surface area contributed by atoms with E-state index in [-0.39, 0.29) is 18.3 Å². The molecule has 6 heteroatoms. The number of aliphatic hydroxyl groups is 1. The van der Waals surface area contributed by atoms with Crippen molar-refractivity contribution in [1.29, 1.82) is 0 Å². The van der Waals surface area contributed by atoms with Gasteiger partial charge in [0.2, 0.25) is 0 Å². The Morgan fingerprint density at radius 3 is 2.81 bits per heavy atom. The lowest BCUT2D eigenvalue weighted by Crippen LogP contribution is -2.55. The van der Waals surface area contributed by atoms with E-state index in [0.29, 0.717) is 24.4 Å². The van der Waals surface area contributed by atoms with E-state index in [9.17, 15) is 15.0 Å². The van der Waals surface area contributed by atoms with Gasteiger partial charge in [-0.2, -0.15) is 0 Å². The maximum atomic E-state index is 12.5. The van der Waals surface area contributed by atoms with Crippen molar-refractivity contribution in [3.63, 3.8) is 0 Å². The fraction of sp³-hybridized carbons (Fsp3) is 0.533. The lowest BCUT2D eigenvalue weighted by atomic mass is 10.0. The standard InChI is InChI=1S/C15H21NO5/c1-15(2)9-16(7-11(8-17)21-15)14(19)10-4-5-13(20-3)12(18)6-10/h4-6,11,17-18H,7-9H2,1-3H3. The third-order valence-corrected chi connectivity index (χ3v) is 3.40. The first-order valence-electron chi connectivity index (χ1n) is 6.81. The van der Waals surface area contributed by atoms with Crippen LogP contribution in [0.25, 0.3) is 0 Å². The Labute approximate surface area is 123 Å². The molecule has 2 rings (SSSR count). The molecule has 1 saturated heterocycles. The van der Waals surface area contributed by atoms with Crippen LogP contribution in [0.2, 0.25) is 0 Å². The van der Waals surface area contributed by atoms with Crippen LogP contribution in [0.5, 0.6) is 11.5 Å². The van der Waals surface area contributed by atoms with Crippen LogP contribution >= 0.6 is 0 Å². The molecule has 1 unspecified atom stereocenters. The summed E-state index contributed by atoms with van der Waals surface area (Å²) in [6.07, 6.45) is -0.399. The van der Waals surface area contributed by atoms with Crippen LogP contribution in [0.3, 0.4) is 0 Å². The average molecular weight is 295 g/mol. The summed E-state index contributed by atoms with van der Waals surface area (Å²) in [6.45, 7) is 4.36. The van der Waals surface area contributed by atoms with Crippen LogP contribution in [-0.2, 0) is 4.74 Å². The van der Waals surface area contributed by atoms with Crippen molar-refractivity contribution in [1.82, 2.24) is 4.90 Å². The van der Waals surface area contributed by atoms with Crippen LogP contribution in [0, 0.1) is 0 Å². The van der Waals surface area contributed by atoms with Crippen LogP contribution in [0.4, 0.5) is 0 Å². The monoisotopic (exact) mass is 295 g/mol. The molecule has 1 atom stereocenters. The van der Waals surface area contributed by atoms with E-state index in [1.807, 2.05) is 13.8 Å². The van der Waals surface area contributed by atoms with Crippen LogP contribution < -0.4 is 4.74 Å². The number of ether oxygens (including phenoxy) is 2.